The van der Waals surface area contributed by atoms with Crippen LogP contribution in [0.2, 0.25) is 0 Å². The highest BCUT2D eigenvalue weighted by molar-refractivity contribution is 5.14. The van der Waals surface area contributed by atoms with Gasteiger partial charge in [0.15, 0.2) is 0 Å². The van der Waals surface area contributed by atoms with Crippen molar-refractivity contribution < 1.29 is 0 Å². The Morgan fingerprint density at radius 1 is 1.00 bits per heavy atom. The van der Waals surface area contributed by atoms with Gasteiger partial charge < -0.3 is 0 Å². The van der Waals surface area contributed by atoms with E-state index in [-0.39, 0.29) is 0 Å². The maximum atomic E-state index is 2.52. The minimum Gasteiger partial charge on any atom is -0.0625 e. The van der Waals surface area contributed by atoms with Gasteiger partial charge in [-0.2, -0.15) is 0 Å². The first-order valence-electron chi connectivity index (χ1n) is 5.98. The lowest BCUT2D eigenvalue weighted by molar-refractivity contribution is 0.242. The summed E-state index contributed by atoms with van der Waals surface area (Å²) >= 11 is 0. The van der Waals surface area contributed by atoms with Gasteiger partial charge in [0.05, 0.1) is 0 Å². The molecule has 0 N–H and O–H groups in total. The Morgan fingerprint density at radius 3 is 1.77 bits per heavy atom. The van der Waals surface area contributed by atoms with Crippen LogP contribution in [0, 0.1) is 35.0 Å². The van der Waals surface area contributed by atoms with Crippen LogP contribution < -0.4 is 0 Å². The quantitative estimate of drug-likeness (QED) is 0.603. The van der Waals surface area contributed by atoms with Crippen molar-refractivity contribution >= 4 is 0 Å². The monoisotopic (exact) mass is 180 g/mol. The average Bonchev–Trinajstić information content (AvgIpc) is 2.49. The largest absolute Gasteiger partial charge is 0.0625 e. The summed E-state index contributed by atoms with van der Waals surface area (Å²) in [5.74, 6) is 5.03. The first-order valence-corrected chi connectivity index (χ1v) is 5.98. The van der Waals surface area contributed by atoms with Crippen LogP contribution in [0.5, 0.6) is 0 Å². The molecular formula is C13H24. The van der Waals surface area contributed by atoms with Gasteiger partial charge in [0.25, 0.3) is 0 Å². The molecule has 13 heavy (non-hydrogen) atoms. The highest BCUT2D eigenvalue weighted by atomic mass is 14.7. The fraction of sp³-hybridized carbons (Fsp3) is 1.00. The highest BCUT2D eigenvalue weighted by Crippen LogP contribution is 2.72. The zero-order valence-corrected chi connectivity index (χ0v) is 9.80. The number of hydrogen-bond donors (Lipinski definition) is 0. The maximum Gasteiger partial charge on any atom is -0.0240 e. The molecule has 0 amide bonds. The van der Waals surface area contributed by atoms with Gasteiger partial charge in [-0.3, -0.25) is 0 Å². The molecule has 2 unspecified atom stereocenters. The third-order valence-corrected chi connectivity index (χ3v) is 5.27. The zero-order valence-electron chi connectivity index (χ0n) is 9.80. The van der Waals surface area contributed by atoms with Gasteiger partial charge in [0, 0.05) is 0 Å². The van der Waals surface area contributed by atoms with Gasteiger partial charge in [-0.1, -0.05) is 34.6 Å². The predicted octanol–water partition coefficient (Wildman–Crippen LogP) is 3.96. The Morgan fingerprint density at radius 2 is 1.46 bits per heavy atom. The fourth-order valence-corrected chi connectivity index (χ4v) is 3.71. The molecule has 0 heteroatoms. The van der Waals surface area contributed by atoms with Gasteiger partial charge in [-0.05, 0) is 47.8 Å². The second-order valence-electron chi connectivity index (χ2n) is 6.21. The lowest BCUT2D eigenvalue weighted by Crippen LogP contribution is -2.17. The summed E-state index contributed by atoms with van der Waals surface area (Å²) in [5, 5.41) is 0. The average molecular weight is 180 g/mol. The van der Waals surface area contributed by atoms with Crippen molar-refractivity contribution in [1.29, 1.82) is 0 Å². The van der Waals surface area contributed by atoms with Gasteiger partial charge in [-0.25, -0.2) is 0 Å². The van der Waals surface area contributed by atoms with E-state index in [1.54, 1.807) is 0 Å². The standard InChI is InChI=1S/C13H24/c1-8(2)10-6-11-12(7-10)13(11,5)9(3)4/h8-12H,6-7H2,1-5H3/t10?,11-,12+,13?. The van der Waals surface area contributed by atoms with E-state index in [2.05, 4.69) is 34.6 Å². The Balaban J connectivity index is 1.97. The minimum absolute atomic E-state index is 0.728. The van der Waals surface area contributed by atoms with Crippen LogP contribution in [0.4, 0.5) is 0 Å². The summed E-state index contributed by atoms with van der Waals surface area (Å²) in [6, 6.07) is 0. The van der Waals surface area contributed by atoms with Crippen LogP contribution >= 0.6 is 0 Å². The first-order chi connectivity index (χ1) is 5.98. The topological polar surface area (TPSA) is 0 Å². The van der Waals surface area contributed by atoms with E-state index in [0.29, 0.717) is 0 Å². The summed E-state index contributed by atoms with van der Waals surface area (Å²) in [4.78, 5) is 0. The molecule has 4 atom stereocenters. The Kier molecular flexibility index (Phi) is 2.02. The molecule has 0 aromatic rings. The number of rotatable bonds is 2. The molecule has 0 heterocycles. The van der Waals surface area contributed by atoms with Crippen LogP contribution in [-0.2, 0) is 0 Å². The molecule has 76 valence electrons. The summed E-state index contributed by atoms with van der Waals surface area (Å²) in [5.41, 5.74) is 0.728. The van der Waals surface area contributed by atoms with E-state index < -0.39 is 0 Å². The van der Waals surface area contributed by atoms with E-state index in [1.165, 1.54) is 12.8 Å². The molecule has 0 saturated heterocycles. The molecule has 0 nitrogen and oxygen atoms in total. The summed E-state index contributed by atoms with van der Waals surface area (Å²) in [7, 11) is 0. The fourth-order valence-electron chi connectivity index (χ4n) is 3.71. The van der Waals surface area contributed by atoms with E-state index in [0.717, 1.165) is 35.0 Å². The minimum atomic E-state index is 0.728. The van der Waals surface area contributed by atoms with Crippen LogP contribution in [0.15, 0.2) is 0 Å². The van der Waals surface area contributed by atoms with Crippen LogP contribution in [-0.4, -0.2) is 0 Å². The van der Waals surface area contributed by atoms with Gasteiger partial charge in [-0.15, -0.1) is 0 Å². The smallest absolute Gasteiger partial charge is 0.0240 e. The van der Waals surface area contributed by atoms with Crippen molar-refractivity contribution in [2.24, 2.45) is 35.0 Å². The maximum absolute atomic E-state index is 2.52. The molecule has 2 aliphatic carbocycles. The summed E-state index contributed by atoms with van der Waals surface area (Å²) in [6.07, 6.45) is 3.05. The van der Waals surface area contributed by atoms with Crippen LogP contribution in [0.3, 0.4) is 0 Å². The van der Waals surface area contributed by atoms with Crippen molar-refractivity contribution in [3.8, 4) is 0 Å². The Bertz CT molecular complexity index is 190. The Labute approximate surface area is 83.1 Å². The van der Waals surface area contributed by atoms with Gasteiger partial charge in [0.2, 0.25) is 0 Å². The summed E-state index contributed by atoms with van der Waals surface area (Å²) in [6.45, 7) is 12.1. The number of fused-ring (bicyclic) bond motifs is 1. The first kappa shape index (κ1) is 9.55. The Hall–Kier alpha value is 0. The van der Waals surface area contributed by atoms with E-state index in [1.807, 2.05) is 0 Å². The second-order valence-corrected chi connectivity index (χ2v) is 6.21. The van der Waals surface area contributed by atoms with Crippen molar-refractivity contribution in [2.75, 3.05) is 0 Å². The predicted molar refractivity (Wildman–Crippen MR) is 57.5 cm³/mol. The number of hydrogen-bond acceptors (Lipinski definition) is 0. The molecule has 0 bridgehead atoms. The van der Waals surface area contributed by atoms with E-state index in [4.69, 9.17) is 0 Å². The third kappa shape index (κ3) is 1.17. The molecular weight excluding hydrogens is 156 g/mol. The van der Waals surface area contributed by atoms with Crippen LogP contribution in [0.25, 0.3) is 0 Å². The molecule has 0 radical (unpaired) electrons. The summed E-state index contributed by atoms with van der Waals surface area (Å²) < 4.78 is 0. The van der Waals surface area contributed by atoms with Crippen molar-refractivity contribution in [3.05, 3.63) is 0 Å². The second kappa shape index (κ2) is 2.74. The lowest BCUT2D eigenvalue weighted by atomic mass is 9.80. The molecule has 0 aliphatic heterocycles. The lowest BCUT2D eigenvalue weighted by Gasteiger charge is -2.25. The molecule has 2 aliphatic rings. The van der Waals surface area contributed by atoms with Gasteiger partial charge in [0.1, 0.15) is 0 Å². The van der Waals surface area contributed by atoms with Crippen molar-refractivity contribution in [2.45, 2.75) is 47.5 Å². The van der Waals surface area contributed by atoms with Gasteiger partial charge >= 0.3 is 0 Å². The zero-order chi connectivity index (χ0) is 9.80. The SMILES string of the molecule is CC(C)C1C[C@@H]2[C@H](C1)C2(C)C(C)C. The normalized spacial score (nSPS) is 48.7. The molecule has 0 spiro atoms. The third-order valence-electron chi connectivity index (χ3n) is 5.27. The molecule has 2 saturated carbocycles. The highest BCUT2D eigenvalue weighted by Gasteiger charge is 2.65. The van der Waals surface area contributed by atoms with E-state index >= 15 is 0 Å². The molecule has 2 rings (SSSR count). The molecule has 0 aromatic heterocycles. The molecule has 2 fully saturated rings. The van der Waals surface area contributed by atoms with Crippen LogP contribution in [0.1, 0.15) is 47.5 Å². The van der Waals surface area contributed by atoms with Crippen molar-refractivity contribution in [1.82, 2.24) is 0 Å². The molecule has 0 aromatic carbocycles. The van der Waals surface area contributed by atoms with E-state index in [9.17, 15) is 0 Å². The van der Waals surface area contributed by atoms with Crippen molar-refractivity contribution in [3.63, 3.8) is 0 Å².